The average molecular weight is 441 g/mol. The number of aryl methyl sites for hydroxylation is 1. The minimum Gasteiger partial charge on any atom is -0.444 e. The Bertz CT molecular complexity index is 983. The Hall–Kier alpha value is -2.54. The number of aromatic nitrogens is 1. The number of hydrogen-bond donors (Lipinski definition) is 1. The molecule has 3 heterocycles. The fourth-order valence-corrected chi connectivity index (χ4v) is 4.90. The number of rotatable bonds is 4. The number of likely N-dealkylation sites (N-methyl/N-ethyl adjacent to an activating group) is 1. The largest absolute Gasteiger partial charge is 0.444 e. The highest BCUT2D eigenvalue weighted by atomic mass is 16.6. The molecule has 7 heteroatoms. The Morgan fingerprint density at radius 3 is 2.56 bits per heavy atom. The fraction of sp³-hybridized carbons (Fsp3) is 0.600. The molecule has 2 aliphatic rings. The van der Waals surface area contributed by atoms with Gasteiger partial charge in [-0.2, -0.15) is 0 Å². The Morgan fingerprint density at radius 2 is 1.84 bits per heavy atom. The number of para-hydroxylation sites is 1. The normalized spacial score (nSPS) is 17.9. The SMILES string of the molecule is CN1CCc2c(c3ccccc3n2CCC(=O)N2CCC(NC(=O)OC(C)(C)C)CC2)C1. The molecule has 0 radical (unpaired) electrons. The summed E-state index contributed by atoms with van der Waals surface area (Å²) in [5.74, 6) is 0.195. The molecule has 0 spiro atoms. The number of alkyl carbamates (subject to hydrolysis) is 1. The minimum atomic E-state index is -0.502. The van der Waals surface area contributed by atoms with E-state index in [1.165, 1.54) is 22.2 Å². The molecule has 1 aromatic carbocycles. The standard InChI is InChI=1S/C25H36N4O3/c1-25(2,3)32-24(31)26-18-9-14-28(15-10-18)23(30)12-16-29-21-8-6-5-7-19(21)20-17-27(4)13-11-22(20)29/h5-8,18H,9-17H2,1-4H3,(H,26,31). The Morgan fingerprint density at radius 1 is 1.12 bits per heavy atom. The molecule has 1 fully saturated rings. The number of carbonyl (C=O) groups excluding carboxylic acids is 2. The van der Waals surface area contributed by atoms with Gasteiger partial charge >= 0.3 is 6.09 Å². The van der Waals surface area contributed by atoms with Crippen LogP contribution in [-0.2, 0) is 29.0 Å². The zero-order chi connectivity index (χ0) is 22.9. The van der Waals surface area contributed by atoms with E-state index in [9.17, 15) is 9.59 Å². The first-order valence-electron chi connectivity index (χ1n) is 11.8. The van der Waals surface area contributed by atoms with Crippen molar-refractivity contribution in [3.8, 4) is 0 Å². The number of hydrogen-bond acceptors (Lipinski definition) is 4. The van der Waals surface area contributed by atoms with E-state index in [0.717, 1.165) is 32.4 Å². The summed E-state index contributed by atoms with van der Waals surface area (Å²) in [7, 11) is 2.17. The van der Waals surface area contributed by atoms with Gasteiger partial charge in [-0.3, -0.25) is 4.79 Å². The first-order chi connectivity index (χ1) is 15.2. The molecule has 4 rings (SSSR count). The van der Waals surface area contributed by atoms with Crippen LogP contribution in [0, 0.1) is 0 Å². The molecule has 2 aromatic rings. The van der Waals surface area contributed by atoms with Gasteiger partial charge in [0.15, 0.2) is 0 Å². The van der Waals surface area contributed by atoms with Crippen molar-refractivity contribution < 1.29 is 14.3 Å². The summed E-state index contributed by atoms with van der Waals surface area (Å²) in [6, 6.07) is 8.62. The molecular weight excluding hydrogens is 404 g/mol. The van der Waals surface area contributed by atoms with E-state index in [2.05, 4.69) is 46.1 Å². The maximum Gasteiger partial charge on any atom is 0.407 e. The van der Waals surface area contributed by atoms with E-state index < -0.39 is 5.60 Å². The van der Waals surface area contributed by atoms with Crippen molar-refractivity contribution in [2.24, 2.45) is 0 Å². The molecule has 1 aromatic heterocycles. The van der Waals surface area contributed by atoms with Gasteiger partial charge < -0.3 is 24.4 Å². The molecule has 2 aliphatic heterocycles. The Kier molecular flexibility index (Phi) is 6.47. The van der Waals surface area contributed by atoms with E-state index in [4.69, 9.17) is 4.74 Å². The molecule has 0 atom stereocenters. The van der Waals surface area contributed by atoms with Crippen LogP contribution in [0.2, 0.25) is 0 Å². The van der Waals surface area contributed by atoms with E-state index in [-0.39, 0.29) is 18.0 Å². The molecule has 0 unspecified atom stereocenters. The maximum atomic E-state index is 13.0. The second-order valence-corrected chi connectivity index (χ2v) is 10.1. The van der Waals surface area contributed by atoms with Crippen LogP contribution < -0.4 is 5.32 Å². The Labute approximate surface area is 190 Å². The quantitative estimate of drug-likeness (QED) is 0.790. The number of carbonyl (C=O) groups is 2. The third kappa shape index (κ3) is 5.09. The van der Waals surface area contributed by atoms with Crippen LogP contribution in [0.4, 0.5) is 4.79 Å². The van der Waals surface area contributed by atoms with Crippen molar-refractivity contribution in [3.63, 3.8) is 0 Å². The summed E-state index contributed by atoms with van der Waals surface area (Å²) in [4.78, 5) is 29.3. The van der Waals surface area contributed by atoms with Crippen molar-refractivity contribution >= 4 is 22.9 Å². The number of nitrogens with one attached hydrogen (secondary N) is 1. The Balaban J connectivity index is 1.34. The summed E-state index contributed by atoms with van der Waals surface area (Å²) in [6.45, 7) is 9.66. The lowest BCUT2D eigenvalue weighted by molar-refractivity contribution is -0.132. The molecule has 174 valence electrons. The number of piperidine rings is 1. The molecular formula is C25H36N4O3. The van der Waals surface area contributed by atoms with Crippen LogP contribution in [0.15, 0.2) is 24.3 Å². The number of nitrogens with zero attached hydrogens (tertiary/aromatic N) is 3. The zero-order valence-corrected chi connectivity index (χ0v) is 19.8. The maximum absolute atomic E-state index is 13.0. The van der Waals surface area contributed by atoms with Crippen LogP contribution in [0.1, 0.15) is 51.3 Å². The van der Waals surface area contributed by atoms with Crippen LogP contribution in [0.5, 0.6) is 0 Å². The van der Waals surface area contributed by atoms with E-state index in [1.807, 2.05) is 25.7 Å². The second kappa shape index (κ2) is 9.14. The summed E-state index contributed by atoms with van der Waals surface area (Å²) in [6.07, 6.45) is 2.68. The topological polar surface area (TPSA) is 66.8 Å². The zero-order valence-electron chi connectivity index (χ0n) is 19.8. The third-order valence-corrected chi connectivity index (χ3v) is 6.47. The van der Waals surface area contributed by atoms with Gasteiger partial charge in [-0.25, -0.2) is 4.79 Å². The molecule has 1 N–H and O–H groups in total. The van der Waals surface area contributed by atoms with E-state index in [1.54, 1.807) is 0 Å². The molecule has 2 amide bonds. The average Bonchev–Trinajstić information content (AvgIpc) is 3.04. The van der Waals surface area contributed by atoms with Gasteiger partial charge in [0.1, 0.15) is 5.60 Å². The highest BCUT2D eigenvalue weighted by Gasteiger charge is 2.27. The van der Waals surface area contributed by atoms with Crippen LogP contribution in [0.25, 0.3) is 10.9 Å². The predicted octanol–water partition coefficient (Wildman–Crippen LogP) is 3.54. The van der Waals surface area contributed by atoms with Gasteiger partial charge in [0.25, 0.3) is 0 Å². The van der Waals surface area contributed by atoms with Crippen LogP contribution >= 0.6 is 0 Å². The third-order valence-electron chi connectivity index (χ3n) is 6.47. The molecule has 7 nitrogen and oxygen atoms in total. The molecule has 0 saturated carbocycles. The highest BCUT2D eigenvalue weighted by Crippen LogP contribution is 2.30. The molecule has 1 saturated heterocycles. The second-order valence-electron chi connectivity index (χ2n) is 10.1. The van der Waals surface area contributed by atoms with Gasteiger partial charge in [0.2, 0.25) is 5.91 Å². The number of likely N-dealkylation sites (tertiary alicyclic amines) is 1. The van der Waals surface area contributed by atoms with Gasteiger partial charge in [0.05, 0.1) is 0 Å². The van der Waals surface area contributed by atoms with E-state index >= 15 is 0 Å². The summed E-state index contributed by atoms with van der Waals surface area (Å²) >= 11 is 0. The summed E-state index contributed by atoms with van der Waals surface area (Å²) < 4.78 is 7.71. The van der Waals surface area contributed by atoms with Gasteiger partial charge in [0, 0.05) is 68.2 Å². The predicted molar refractivity (Wildman–Crippen MR) is 126 cm³/mol. The summed E-state index contributed by atoms with van der Waals surface area (Å²) in [5, 5.41) is 4.26. The van der Waals surface area contributed by atoms with Crippen LogP contribution in [-0.4, -0.2) is 64.7 Å². The van der Waals surface area contributed by atoms with Crippen molar-refractivity contribution in [2.45, 2.75) is 71.2 Å². The summed E-state index contributed by atoms with van der Waals surface area (Å²) in [5.41, 5.74) is 3.53. The van der Waals surface area contributed by atoms with Crippen molar-refractivity contribution in [1.82, 2.24) is 19.7 Å². The number of ether oxygens (including phenoxy) is 1. The van der Waals surface area contributed by atoms with Crippen molar-refractivity contribution in [2.75, 3.05) is 26.7 Å². The van der Waals surface area contributed by atoms with Crippen molar-refractivity contribution in [3.05, 3.63) is 35.5 Å². The molecule has 0 aliphatic carbocycles. The molecule has 0 bridgehead atoms. The number of benzene rings is 1. The van der Waals surface area contributed by atoms with Gasteiger partial charge in [-0.1, -0.05) is 18.2 Å². The number of amides is 2. The molecule has 32 heavy (non-hydrogen) atoms. The fourth-order valence-electron chi connectivity index (χ4n) is 4.90. The first kappa shape index (κ1) is 22.6. The van der Waals surface area contributed by atoms with Gasteiger partial charge in [-0.15, -0.1) is 0 Å². The smallest absolute Gasteiger partial charge is 0.407 e. The first-order valence-corrected chi connectivity index (χ1v) is 11.8. The minimum absolute atomic E-state index is 0.0614. The van der Waals surface area contributed by atoms with Crippen molar-refractivity contribution in [1.29, 1.82) is 0 Å². The lowest BCUT2D eigenvalue weighted by Crippen LogP contribution is -2.47. The monoisotopic (exact) mass is 440 g/mol. The van der Waals surface area contributed by atoms with E-state index in [0.29, 0.717) is 26.1 Å². The lowest BCUT2D eigenvalue weighted by Gasteiger charge is -2.33. The van der Waals surface area contributed by atoms with Gasteiger partial charge in [-0.05, 0) is 52.3 Å². The lowest BCUT2D eigenvalue weighted by atomic mass is 10.0. The highest BCUT2D eigenvalue weighted by molar-refractivity contribution is 5.86. The van der Waals surface area contributed by atoms with Crippen LogP contribution in [0.3, 0.4) is 0 Å². The number of fused-ring (bicyclic) bond motifs is 3.